The molecule has 1 unspecified atom stereocenters. The molecule has 0 radical (unpaired) electrons. The predicted octanol–water partition coefficient (Wildman–Crippen LogP) is -1.03. The Morgan fingerprint density at radius 2 is 1.42 bits per heavy atom. The Labute approximate surface area is 72.5 Å². The summed E-state index contributed by atoms with van der Waals surface area (Å²) in [6.45, 7) is 1.01. The van der Waals surface area contributed by atoms with Crippen LogP contribution in [0.3, 0.4) is 0 Å². The van der Waals surface area contributed by atoms with E-state index >= 15 is 0 Å². The second-order valence-electron chi connectivity index (χ2n) is 3.25. The second-order valence-corrected chi connectivity index (χ2v) is 3.25. The van der Waals surface area contributed by atoms with Crippen molar-refractivity contribution in [2.45, 2.75) is 13.3 Å². The molecule has 0 aliphatic carbocycles. The molecule has 0 aromatic heterocycles. The zero-order valence-corrected chi connectivity index (χ0v) is 7.40. The second kappa shape index (κ2) is 5.48. The predicted molar refractivity (Wildman–Crippen MR) is 44.6 cm³/mol. The maximum Gasteiger partial charge on any atom is 0.0534 e. The van der Waals surface area contributed by atoms with Crippen molar-refractivity contribution in [1.82, 2.24) is 0 Å². The van der Waals surface area contributed by atoms with Crippen LogP contribution in [0.4, 0.5) is 0 Å². The third-order valence-electron chi connectivity index (χ3n) is 2.55. The van der Waals surface area contributed by atoms with Gasteiger partial charge < -0.3 is 20.4 Å². The van der Waals surface area contributed by atoms with E-state index in [4.69, 9.17) is 20.4 Å². The SMILES string of the molecule is CC(CCO)C(CO)(CO)CO. The molecule has 4 N–H and O–H groups in total. The van der Waals surface area contributed by atoms with Gasteiger partial charge in [-0.3, -0.25) is 0 Å². The zero-order valence-electron chi connectivity index (χ0n) is 7.40. The fourth-order valence-electron chi connectivity index (χ4n) is 1.12. The maximum atomic E-state index is 8.97. The van der Waals surface area contributed by atoms with Gasteiger partial charge >= 0.3 is 0 Å². The summed E-state index contributed by atoms with van der Waals surface area (Å²) in [6, 6.07) is 0. The number of aliphatic hydroxyl groups excluding tert-OH is 4. The van der Waals surface area contributed by atoms with Crippen molar-refractivity contribution in [3.8, 4) is 0 Å². The summed E-state index contributed by atoms with van der Waals surface area (Å²) in [5.74, 6) is -0.0949. The van der Waals surface area contributed by atoms with Crippen molar-refractivity contribution in [3.05, 3.63) is 0 Å². The third kappa shape index (κ3) is 2.42. The van der Waals surface area contributed by atoms with Gasteiger partial charge in [0, 0.05) is 12.0 Å². The molecule has 0 aliphatic rings. The van der Waals surface area contributed by atoms with E-state index in [0.29, 0.717) is 6.42 Å². The molecule has 0 bridgehead atoms. The Morgan fingerprint density at radius 1 is 1.00 bits per heavy atom. The van der Waals surface area contributed by atoms with Crippen LogP contribution in [0.15, 0.2) is 0 Å². The highest BCUT2D eigenvalue weighted by molar-refractivity contribution is 4.82. The van der Waals surface area contributed by atoms with Crippen molar-refractivity contribution in [2.24, 2.45) is 11.3 Å². The minimum Gasteiger partial charge on any atom is -0.396 e. The quantitative estimate of drug-likeness (QED) is 0.419. The van der Waals surface area contributed by atoms with Gasteiger partial charge in [-0.05, 0) is 12.3 Å². The molecule has 0 saturated carbocycles. The Kier molecular flexibility index (Phi) is 5.41. The lowest BCUT2D eigenvalue weighted by molar-refractivity contribution is -0.0390. The molecule has 4 heteroatoms. The largest absolute Gasteiger partial charge is 0.396 e. The summed E-state index contributed by atoms with van der Waals surface area (Å²) in [5, 5.41) is 35.6. The van der Waals surface area contributed by atoms with Gasteiger partial charge in [-0.1, -0.05) is 6.92 Å². The Hall–Kier alpha value is -0.160. The molecule has 1 atom stereocenters. The van der Waals surface area contributed by atoms with Crippen molar-refractivity contribution in [2.75, 3.05) is 26.4 Å². The first-order chi connectivity index (χ1) is 5.66. The standard InChI is InChI=1S/C8H18O4/c1-7(2-3-9)8(4-10,5-11)6-12/h7,9-12H,2-6H2,1H3. The summed E-state index contributed by atoms with van der Waals surface area (Å²) >= 11 is 0. The Morgan fingerprint density at radius 3 is 1.67 bits per heavy atom. The van der Waals surface area contributed by atoms with Gasteiger partial charge in [0.1, 0.15) is 0 Å². The first-order valence-electron chi connectivity index (χ1n) is 4.10. The number of hydrogen-bond acceptors (Lipinski definition) is 4. The van der Waals surface area contributed by atoms with Gasteiger partial charge in [0.15, 0.2) is 0 Å². The van der Waals surface area contributed by atoms with Crippen LogP contribution in [0.5, 0.6) is 0 Å². The van der Waals surface area contributed by atoms with Crippen molar-refractivity contribution in [1.29, 1.82) is 0 Å². The summed E-state index contributed by atoms with van der Waals surface area (Å²) in [7, 11) is 0. The Bertz CT molecular complexity index is 103. The molecule has 0 aromatic carbocycles. The van der Waals surface area contributed by atoms with Crippen LogP contribution >= 0.6 is 0 Å². The molecule has 12 heavy (non-hydrogen) atoms. The van der Waals surface area contributed by atoms with Gasteiger partial charge in [0.2, 0.25) is 0 Å². The summed E-state index contributed by atoms with van der Waals surface area (Å²) in [5.41, 5.74) is -0.858. The van der Waals surface area contributed by atoms with E-state index in [1.54, 1.807) is 6.92 Å². The van der Waals surface area contributed by atoms with E-state index in [0.717, 1.165) is 0 Å². The molecule has 0 rings (SSSR count). The topological polar surface area (TPSA) is 80.9 Å². The fourth-order valence-corrected chi connectivity index (χ4v) is 1.12. The monoisotopic (exact) mass is 178 g/mol. The molecule has 0 aliphatic heterocycles. The van der Waals surface area contributed by atoms with Crippen LogP contribution < -0.4 is 0 Å². The highest BCUT2D eigenvalue weighted by Crippen LogP contribution is 2.28. The molecule has 74 valence electrons. The molecular weight excluding hydrogens is 160 g/mol. The van der Waals surface area contributed by atoms with Crippen molar-refractivity contribution in [3.63, 3.8) is 0 Å². The molecule has 0 heterocycles. The average Bonchev–Trinajstić information content (AvgIpc) is 2.09. The minimum absolute atomic E-state index is 0.00289. The molecule has 0 fully saturated rings. The van der Waals surface area contributed by atoms with Gasteiger partial charge in [-0.25, -0.2) is 0 Å². The van der Waals surface area contributed by atoms with E-state index in [1.165, 1.54) is 0 Å². The molecule has 4 nitrogen and oxygen atoms in total. The molecule has 0 saturated heterocycles. The molecule has 0 aromatic rings. The number of aliphatic hydroxyl groups is 4. The van der Waals surface area contributed by atoms with Crippen molar-refractivity contribution >= 4 is 0 Å². The smallest absolute Gasteiger partial charge is 0.0534 e. The lowest BCUT2D eigenvalue weighted by Gasteiger charge is -2.33. The van der Waals surface area contributed by atoms with Crippen LogP contribution in [-0.2, 0) is 0 Å². The molecule has 0 amide bonds. The normalized spacial score (nSPS) is 14.8. The van der Waals surface area contributed by atoms with Crippen LogP contribution in [0.1, 0.15) is 13.3 Å². The fraction of sp³-hybridized carbons (Fsp3) is 1.00. The molecular formula is C8H18O4. The lowest BCUT2D eigenvalue weighted by atomic mass is 9.77. The summed E-state index contributed by atoms with van der Waals surface area (Å²) in [6.07, 6.45) is 0.474. The average molecular weight is 178 g/mol. The van der Waals surface area contributed by atoms with Crippen LogP contribution in [0.25, 0.3) is 0 Å². The van der Waals surface area contributed by atoms with Crippen LogP contribution in [-0.4, -0.2) is 46.9 Å². The lowest BCUT2D eigenvalue weighted by Crippen LogP contribution is -2.40. The minimum atomic E-state index is -0.858. The van der Waals surface area contributed by atoms with E-state index in [2.05, 4.69) is 0 Å². The number of rotatable bonds is 6. The van der Waals surface area contributed by atoms with Gasteiger partial charge in [-0.15, -0.1) is 0 Å². The van der Waals surface area contributed by atoms with E-state index < -0.39 is 5.41 Å². The third-order valence-corrected chi connectivity index (χ3v) is 2.55. The highest BCUT2D eigenvalue weighted by Gasteiger charge is 2.33. The highest BCUT2D eigenvalue weighted by atomic mass is 16.3. The first-order valence-corrected chi connectivity index (χ1v) is 4.10. The molecule has 0 spiro atoms. The number of hydrogen-bond donors (Lipinski definition) is 4. The van der Waals surface area contributed by atoms with E-state index in [1.807, 2.05) is 0 Å². The Balaban J connectivity index is 4.24. The maximum absolute atomic E-state index is 8.97. The van der Waals surface area contributed by atoms with Gasteiger partial charge in [-0.2, -0.15) is 0 Å². The van der Waals surface area contributed by atoms with E-state index in [9.17, 15) is 0 Å². The first kappa shape index (κ1) is 11.8. The van der Waals surface area contributed by atoms with E-state index in [-0.39, 0.29) is 32.3 Å². The van der Waals surface area contributed by atoms with Crippen molar-refractivity contribution < 1.29 is 20.4 Å². The zero-order chi connectivity index (χ0) is 9.61. The summed E-state index contributed by atoms with van der Waals surface area (Å²) < 4.78 is 0. The van der Waals surface area contributed by atoms with Gasteiger partial charge in [0.05, 0.1) is 19.8 Å². The van der Waals surface area contributed by atoms with Gasteiger partial charge in [0.25, 0.3) is 0 Å². The summed E-state index contributed by atoms with van der Waals surface area (Å²) in [4.78, 5) is 0. The van der Waals surface area contributed by atoms with Crippen LogP contribution in [0.2, 0.25) is 0 Å². The van der Waals surface area contributed by atoms with Crippen LogP contribution in [0, 0.1) is 11.3 Å².